The van der Waals surface area contributed by atoms with E-state index in [1.807, 2.05) is 0 Å². The highest BCUT2D eigenvalue weighted by molar-refractivity contribution is 5.86. The van der Waals surface area contributed by atoms with E-state index in [1.165, 1.54) is 55.9 Å². The van der Waals surface area contributed by atoms with Crippen LogP contribution in [-0.4, -0.2) is 7.05 Å². The van der Waals surface area contributed by atoms with E-state index in [2.05, 4.69) is 147 Å². The molecule has 0 aromatic heterocycles. The third-order valence-corrected chi connectivity index (χ3v) is 7.52. The summed E-state index contributed by atoms with van der Waals surface area (Å²) in [6.07, 6.45) is 0. The van der Waals surface area contributed by atoms with Crippen LogP contribution >= 0.6 is 0 Å². The molecule has 0 heterocycles. The number of benzene rings is 5. The van der Waals surface area contributed by atoms with Crippen LogP contribution in [0.1, 0.15) is 25.0 Å². The van der Waals surface area contributed by atoms with Crippen LogP contribution in [0.2, 0.25) is 0 Å². The highest BCUT2D eigenvalue weighted by atomic mass is 15.1. The van der Waals surface area contributed by atoms with Crippen molar-refractivity contribution in [3.05, 3.63) is 132 Å². The molecule has 0 aliphatic heterocycles. The maximum absolute atomic E-state index is 2.38. The molecule has 0 unspecified atom stereocenters. The largest absolute Gasteiger partial charge is 0.344 e. The summed E-state index contributed by atoms with van der Waals surface area (Å²) < 4.78 is 0. The summed E-state index contributed by atoms with van der Waals surface area (Å²) in [5.41, 5.74) is 12.9. The van der Waals surface area contributed by atoms with E-state index in [0.29, 0.717) is 0 Å². The Morgan fingerprint density at radius 2 is 1.06 bits per heavy atom. The summed E-state index contributed by atoms with van der Waals surface area (Å²) in [5.74, 6) is 0. The van der Waals surface area contributed by atoms with Gasteiger partial charge in [-0.25, -0.2) is 0 Å². The lowest BCUT2D eigenvalue weighted by Crippen LogP contribution is -2.16. The monoisotopic (exact) mass is 451 g/mol. The lowest BCUT2D eigenvalue weighted by molar-refractivity contribution is 0.660. The van der Waals surface area contributed by atoms with E-state index in [9.17, 15) is 0 Å². The topological polar surface area (TPSA) is 3.24 Å². The molecule has 35 heavy (non-hydrogen) atoms. The molecule has 0 N–H and O–H groups in total. The number of hydrogen-bond acceptors (Lipinski definition) is 1. The zero-order valence-electron chi connectivity index (χ0n) is 20.5. The maximum atomic E-state index is 2.38. The van der Waals surface area contributed by atoms with Crippen LogP contribution in [0.15, 0.2) is 121 Å². The van der Waals surface area contributed by atoms with Crippen LogP contribution in [0.4, 0.5) is 11.4 Å². The van der Waals surface area contributed by atoms with Crippen LogP contribution < -0.4 is 4.90 Å². The quantitative estimate of drug-likeness (QED) is 0.263. The van der Waals surface area contributed by atoms with E-state index in [-0.39, 0.29) is 5.41 Å². The third kappa shape index (κ3) is 3.56. The molecular weight excluding hydrogens is 422 g/mol. The van der Waals surface area contributed by atoms with Crippen LogP contribution in [0, 0.1) is 0 Å². The zero-order chi connectivity index (χ0) is 24.0. The Kier molecular flexibility index (Phi) is 5.07. The first-order chi connectivity index (χ1) is 17.0. The lowest BCUT2D eigenvalue weighted by atomic mass is 9.82. The fourth-order valence-corrected chi connectivity index (χ4v) is 5.52. The van der Waals surface area contributed by atoms with Crippen molar-refractivity contribution < 1.29 is 0 Å². The molecule has 5 aromatic rings. The summed E-state index contributed by atoms with van der Waals surface area (Å²) in [7, 11) is 2.17. The molecule has 1 nitrogen and oxygen atoms in total. The first-order valence-electron chi connectivity index (χ1n) is 12.3. The standard InChI is InChI=1S/C34H29N/c1-34(2)31-15-9-7-14-29(31)30-22-21-27(23-32(30)34)35(3)33-16-10-8-13-28(33)26-19-17-25(18-20-26)24-11-5-4-6-12-24/h4-23H,1-3H3. The average Bonchev–Trinajstić information content (AvgIpc) is 3.15. The van der Waals surface area contributed by atoms with Gasteiger partial charge in [0.05, 0.1) is 0 Å². The van der Waals surface area contributed by atoms with Crippen LogP contribution in [0.5, 0.6) is 0 Å². The van der Waals surface area contributed by atoms with Gasteiger partial charge >= 0.3 is 0 Å². The molecule has 0 radical (unpaired) electrons. The fourth-order valence-electron chi connectivity index (χ4n) is 5.52. The molecule has 0 spiro atoms. The second-order valence-corrected chi connectivity index (χ2v) is 9.92. The molecule has 0 atom stereocenters. The van der Waals surface area contributed by atoms with Crippen molar-refractivity contribution in [2.45, 2.75) is 19.3 Å². The van der Waals surface area contributed by atoms with Gasteiger partial charge in [-0.05, 0) is 57.1 Å². The van der Waals surface area contributed by atoms with Crippen molar-refractivity contribution in [1.82, 2.24) is 0 Å². The van der Waals surface area contributed by atoms with E-state index in [1.54, 1.807) is 0 Å². The molecule has 170 valence electrons. The Morgan fingerprint density at radius 1 is 0.486 bits per heavy atom. The van der Waals surface area contributed by atoms with Crippen molar-refractivity contribution in [2.24, 2.45) is 0 Å². The first-order valence-corrected chi connectivity index (χ1v) is 12.3. The van der Waals surface area contributed by atoms with Crippen LogP contribution in [0.25, 0.3) is 33.4 Å². The SMILES string of the molecule is CN(c1ccc2c(c1)C(C)(C)c1ccccc1-2)c1ccccc1-c1ccc(-c2ccccc2)cc1. The molecule has 1 heteroatoms. The van der Waals surface area contributed by atoms with E-state index >= 15 is 0 Å². The van der Waals surface area contributed by atoms with Crippen molar-refractivity contribution in [2.75, 3.05) is 11.9 Å². The molecule has 6 rings (SSSR count). The van der Waals surface area contributed by atoms with Gasteiger partial charge in [0.2, 0.25) is 0 Å². The minimum atomic E-state index is -0.00440. The fraction of sp³-hybridized carbons (Fsp3) is 0.118. The number of fused-ring (bicyclic) bond motifs is 3. The van der Waals surface area contributed by atoms with Gasteiger partial charge in [-0.3, -0.25) is 0 Å². The number of nitrogens with zero attached hydrogens (tertiary/aromatic N) is 1. The number of hydrogen-bond donors (Lipinski definition) is 0. The van der Waals surface area contributed by atoms with E-state index in [4.69, 9.17) is 0 Å². The Morgan fingerprint density at radius 3 is 1.83 bits per heavy atom. The molecule has 0 saturated heterocycles. The van der Waals surface area contributed by atoms with Crippen molar-refractivity contribution >= 4 is 11.4 Å². The normalized spacial score (nSPS) is 13.2. The van der Waals surface area contributed by atoms with Crippen LogP contribution in [-0.2, 0) is 5.41 Å². The van der Waals surface area contributed by atoms with Crippen molar-refractivity contribution in [3.8, 4) is 33.4 Å². The van der Waals surface area contributed by atoms with Gasteiger partial charge in [0.25, 0.3) is 0 Å². The smallest absolute Gasteiger partial charge is 0.0487 e. The Labute approximate surface area is 208 Å². The lowest BCUT2D eigenvalue weighted by Gasteiger charge is -2.26. The molecule has 0 amide bonds. The van der Waals surface area contributed by atoms with Crippen molar-refractivity contribution in [3.63, 3.8) is 0 Å². The molecule has 1 aliphatic rings. The predicted octanol–water partition coefficient (Wildman–Crippen LogP) is 9.09. The van der Waals surface area contributed by atoms with Gasteiger partial charge in [0.1, 0.15) is 0 Å². The molecule has 5 aromatic carbocycles. The second-order valence-electron chi connectivity index (χ2n) is 9.92. The number of anilines is 2. The summed E-state index contributed by atoms with van der Waals surface area (Å²) >= 11 is 0. The predicted molar refractivity (Wildman–Crippen MR) is 149 cm³/mol. The minimum absolute atomic E-state index is 0.00440. The van der Waals surface area contributed by atoms with E-state index in [0.717, 1.165) is 0 Å². The van der Waals surface area contributed by atoms with E-state index < -0.39 is 0 Å². The highest BCUT2D eigenvalue weighted by Crippen LogP contribution is 2.50. The summed E-state index contributed by atoms with van der Waals surface area (Å²) in [5, 5.41) is 0. The summed E-state index contributed by atoms with van der Waals surface area (Å²) in [6, 6.07) is 43.9. The Hall–Kier alpha value is -4.10. The maximum Gasteiger partial charge on any atom is 0.0487 e. The summed E-state index contributed by atoms with van der Waals surface area (Å²) in [6.45, 7) is 4.67. The van der Waals surface area contributed by atoms with Crippen molar-refractivity contribution in [1.29, 1.82) is 0 Å². The molecule has 0 bridgehead atoms. The van der Waals surface area contributed by atoms with Gasteiger partial charge in [-0.15, -0.1) is 0 Å². The van der Waals surface area contributed by atoms with Gasteiger partial charge < -0.3 is 4.90 Å². The van der Waals surface area contributed by atoms with Crippen LogP contribution in [0.3, 0.4) is 0 Å². The second kappa shape index (κ2) is 8.29. The van der Waals surface area contributed by atoms with Gasteiger partial charge in [0, 0.05) is 29.4 Å². The Bertz CT molecular complexity index is 1510. The molecule has 0 fully saturated rings. The average molecular weight is 452 g/mol. The molecule has 0 saturated carbocycles. The zero-order valence-corrected chi connectivity index (χ0v) is 20.5. The minimum Gasteiger partial charge on any atom is -0.344 e. The summed E-state index contributed by atoms with van der Waals surface area (Å²) in [4.78, 5) is 2.32. The number of rotatable bonds is 4. The number of para-hydroxylation sites is 1. The van der Waals surface area contributed by atoms with Gasteiger partial charge in [-0.1, -0.05) is 117 Å². The Balaban J connectivity index is 1.37. The molecule has 1 aliphatic carbocycles. The van der Waals surface area contributed by atoms with Gasteiger partial charge in [-0.2, -0.15) is 0 Å². The first kappa shape index (κ1) is 21.4. The third-order valence-electron chi connectivity index (χ3n) is 7.52. The highest BCUT2D eigenvalue weighted by Gasteiger charge is 2.35. The molecular formula is C34H29N. The van der Waals surface area contributed by atoms with Gasteiger partial charge in [0.15, 0.2) is 0 Å².